The molecule has 0 fully saturated rings. The van der Waals surface area contributed by atoms with E-state index < -0.39 is 24.6 Å². The second kappa shape index (κ2) is 4.29. The minimum absolute atomic E-state index is 0.153. The van der Waals surface area contributed by atoms with Crippen molar-refractivity contribution in [3.8, 4) is 5.75 Å². The topological polar surface area (TPSA) is 26.3 Å². The molecule has 15 heavy (non-hydrogen) atoms. The number of Topliss-reactive ketones (excluding diaryl/α,β-unsaturated/α-hetero) is 1. The Labute approximate surface area is 82.5 Å². The van der Waals surface area contributed by atoms with Gasteiger partial charge in [-0.05, 0) is 12.1 Å². The van der Waals surface area contributed by atoms with Crippen LogP contribution in [0.3, 0.4) is 0 Å². The molecule has 0 atom stereocenters. The highest BCUT2D eigenvalue weighted by atomic mass is 19.4. The summed E-state index contributed by atoms with van der Waals surface area (Å²) in [5, 5.41) is 0. The van der Waals surface area contributed by atoms with Crippen LogP contribution in [0.25, 0.3) is 0 Å². The van der Waals surface area contributed by atoms with E-state index in [4.69, 9.17) is 0 Å². The van der Waals surface area contributed by atoms with Crippen LogP contribution >= 0.6 is 0 Å². The lowest BCUT2D eigenvalue weighted by Crippen LogP contribution is -2.17. The number of carbonyl (C=O) groups is 1. The largest absolute Gasteiger partial charge is 0.573 e. The van der Waals surface area contributed by atoms with Gasteiger partial charge in [0.25, 0.3) is 0 Å². The van der Waals surface area contributed by atoms with Crippen LogP contribution in [0.4, 0.5) is 17.6 Å². The van der Waals surface area contributed by atoms with Crippen molar-refractivity contribution < 1.29 is 27.1 Å². The Kier molecular flexibility index (Phi) is 3.28. The number of hydrogen-bond donors (Lipinski definition) is 0. The number of ketones is 1. The number of hydrogen-bond acceptors (Lipinski definition) is 2. The molecule has 0 saturated carbocycles. The van der Waals surface area contributed by atoms with Gasteiger partial charge in [-0.25, -0.2) is 4.39 Å². The number of ether oxygens (including phenoxy) is 1. The zero-order chi connectivity index (χ0) is 11.5. The molecule has 0 aliphatic carbocycles. The van der Waals surface area contributed by atoms with Crippen LogP contribution in [-0.2, 0) is 0 Å². The predicted molar refractivity (Wildman–Crippen MR) is 43.4 cm³/mol. The zero-order valence-electron chi connectivity index (χ0n) is 7.34. The second-order valence-corrected chi connectivity index (χ2v) is 2.63. The highest BCUT2D eigenvalue weighted by molar-refractivity contribution is 5.97. The molecule has 1 aromatic carbocycles. The van der Waals surface area contributed by atoms with Crippen LogP contribution in [0.5, 0.6) is 5.75 Å². The molecule has 0 aromatic heterocycles. The summed E-state index contributed by atoms with van der Waals surface area (Å²) in [6, 6.07) is 4.27. The first-order valence-electron chi connectivity index (χ1n) is 3.87. The number of benzene rings is 1. The van der Waals surface area contributed by atoms with E-state index in [9.17, 15) is 22.4 Å². The maximum atomic E-state index is 11.9. The maximum absolute atomic E-state index is 11.9. The van der Waals surface area contributed by atoms with Gasteiger partial charge in [0.1, 0.15) is 5.75 Å². The van der Waals surface area contributed by atoms with Crippen molar-refractivity contribution in [2.45, 2.75) is 6.36 Å². The maximum Gasteiger partial charge on any atom is 0.573 e. The van der Waals surface area contributed by atoms with E-state index >= 15 is 0 Å². The second-order valence-electron chi connectivity index (χ2n) is 2.63. The lowest BCUT2D eigenvalue weighted by Gasteiger charge is -2.08. The molecule has 0 spiro atoms. The summed E-state index contributed by atoms with van der Waals surface area (Å²) in [4.78, 5) is 10.8. The molecule has 0 N–H and O–H groups in total. The molecule has 0 heterocycles. The summed E-state index contributed by atoms with van der Waals surface area (Å²) in [7, 11) is 0. The van der Waals surface area contributed by atoms with Crippen molar-refractivity contribution in [2.24, 2.45) is 0 Å². The number of rotatable bonds is 3. The molecule has 6 heteroatoms. The average molecular weight is 222 g/mol. The standard InChI is InChI=1S/C9H6F4O2/c10-5-8(14)6-2-1-3-7(4-6)15-9(11,12)13/h1-4H,5H2. The van der Waals surface area contributed by atoms with Crippen LogP contribution in [0.1, 0.15) is 10.4 Å². The Bertz CT molecular complexity index is 359. The minimum Gasteiger partial charge on any atom is -0.406 e. The molecule has 0 bridgehead atoms. The summed E-state index contributed by atoms with van der Waals surface area (Å²) in [6.07, 6.45) is -4.82. The fourth-order valence-corrected chi connectivity index (χ4v) is 0.944. The molecule has 0 amide bonds. The van der Waals surface area contributed by atoms with E-state index in [1.165, 1.54) is 12.1 Å². The molecule has 1 rings (SSSR count). The molecule has 0 saturated heterocycles. The first-order chi connectivity index (χ1) is 6.92. The molecular weight excluding hydrogens is 216 g/mol. The Hall–Kier alpha value is -1.59. The predicted octanol–water partition coefficient (Wildman–Crippen LogP) is 2.74. The van der Waals surface area contributed by atoms with Crippen molar-refractivity contribution in [3.05, 3.63) is 29.8 Å². The third-order valence-corrected chi connectivity index (χ3v) is 1.51. The first kappa shape index (κ1) is 11.5. The summed E-state index contributed by atoms with van der Waals surface area (Å²) < 4.78 is 50.8. The van der Waals surface area contributed by atoms with Crippen LogP contribution in [-0.4, -0.2) is 18.8 Å². The smallest absolute Gasteiger partial charge is 0.406 e. The van der Waals surface area contributed by atoms with Gasteiger partial charge in [0.15, 0.2) is 12.5 Å². The van der Waals surface area contributed by atoms with Gasteiger partial charge in [-0.2, -0.15) is 0 Å². The lowest BCUT2D eigenvalue weighted by atomic mass is 10.1. The Morgan fingerprint density at radius 2 is 2.00 bits per heavy atom. The van der Waals surface area contributed by atoms with Crippen molar-refractivity contribution in [1.29, 1.82) is 0 Å². The van der Waals surface area contributed by atoms with Gasteiger partial charge >= 0.3 is 6.36 Å². The normalized spacial score (nSPS) is 11.2. The van der Waals surface area contributed by atoms with Crippen molar-refractivity contribution in [2.75, 3.05) is 6.67 Å². The highest BCUT2D eigenvalue weighted by Gasteiger charge is 2.31. The van der Waals surface area contributed by atoms with Gasteiger partial charge in [-0.3, -0.25) is 4.79 Å². The van der Waals surface area contributed by atoms with Gasteiger partial charge in [0.05, 0.1) is 0 Å². The molecule has 0 radical (unpaired) electrons. The van der Waals surface area contributed by atoms with Gasteiger partial charge < -0.3 is 4.74 Å². The number of alkyl halides is 4. The number of carbonyl (C=O) groups excluding carboxylic acids is 1. The van der Waals surface area contributed by atoms with Crippen LogP contribution in [0.2, 0.25) is 0 Å². The van der Waals surface area contributed by atoms with Gasteiger partial charge in [-0.1, -0.05) is 12.1 Å². The van der Waals surface area contributed by atoms with Gasteiger partial charge in [0.2, 0.25) is 0 Å². The fourth-order valence-electron chi connectivity index (χ4n) is 0.944. The van der Waals surface area contributed by atoms with E-state index in [2.05, 4.69) is 4.74 Å². The van der Waals surface area contributed by atoms with Crippen molar-refractivity contribution >= 4 is 5.78 Å². The fraction of sp³-hybridized carbons (Fsp3) is 0.222. The van der Waals surface area contributed by atoms with Crippen molar-refractivity contribution in [3.63, 3.8) is 0 Å². The van der Waals surface area contributed by atoms with E-state index in [0.717, 1.165) is 12.1 Å². The van der Waals surface area contributed by atoms with Crippen molar-refractivity contribution in [1.82, 2.24) is 0 Å². The summed E-state index contributed by atoms with van der Waals surface area (Å²) in [6.45, 7) is -1.25. The van der Waals surface area contributed by atoms with E-state index in [1.54, 1.807) is 0 Å². The monoisotopic (exact) mass is 222 g/mol. The van der Waals surface area contributed by atoms with E-state index in [0.29, 0.717) is 0 Å². The molecule has 0 unspecified atom stereocenters. The summed E-state index contributed by atoms with van der Waals surface area (Å²) in [5.74, 6) is -1.43. The number of halogens is 4. The average Bonchev–Trinajstić information content (AvgIpc) is 2.14. The summed E-state index contributed by atoms with van der Waals surface area (Å²) in [5.41, 5.74) is -0.153. The van der Waals surface area contributed by atoms with Crippen LogP contribution < -0.4 is 4.74 Å². The third-order valence-electron chi connectivity index (χ3n) is 1.51. The molecule has 0 aliphatic heterocycles. The Morgan fingerprint density at radius 3 is 2.53 bits per heavy atom. The molecule has 82 valence electrons. The van der Waals surface area contributed by atoms with Gasteiger partial charge in [-0.15, -0.1) is 13.2 Å². The quantitative estimate of drug-likeness (QED) is 0.580. The lowest BCUT2D eigenvalue weighted by molar-refractivity contribution is -0.274. The SMILES string of the molecule is O=C(CF)c1cccc(OC(F)(F)F)c1. The van der Waals surface area contributed by atoms with Crippen LogP contribution in [0, 0.1) is 0 Å². The van der Waals surface area contributed by atoms with E-state index in [1.807, 2.05) is 0 Å². The van der Waals surface area contributed by atoms with Crippen LogP contribution in [0.15, 0.2) is 24.3 Å². The molecule has 2 nitrogen and oxygen atoms in total. The highest BCUT2D eigenvalue weighted by Crippen LogP contribution is 2.23. The van der Waals surface area contributed by atoms with Gasteiger partial charge in [0, 0.05) is 5.56 Å². The Balaban J connectivity index is 2.88. The minimum atomic E-state index is -4.82. The zero-order valence-corrected chi connectivity index (χ0v) is 7.34. The molecular formula is C9H6F4O2. The Morgan fingerprint density at radius 1 is 1.33 bits per heavy atom. The summed E-state index contributed by atoms with van der Waals surface area (Å²) >= 11 is 0. The molecule has 0 aliphatic rings. The molecule has 1 aromatic rings. The van der Waals surface area contributed by atoms with E-state index in [-0.39, 0.29) is 5.56 Å². The first-order valence-corrected chi connectivity index (χ1v) is 3.87. The third kappa shape index (κ3) is 3.57.